The Morgan fingerprint density at radius 3 is 2.76 bits per heavy atom. The molecule has 2 atom stereocenters. The highest BCUT2D eigenvalue weighted by Crippen LogP contribution is 2.39. The van der Waals surface area contributed by atoms with Crippen LogP contribution in [0.1, 0.15) is 44.6 Å². The summed E-state index contributed by atoms with van der Waals surface area (Å²) in [6.07, 6.45) is 3.71. The van der Waals surface area contributed by atoms with Gasteiger partial charge in [0, 0.05) is 23.1 Å². The maximum atomic E-state index is 12.0. The molecule has 2 rings (SSSR count). The van der Waals surface area contributed by atoms with Crippen molar-refractivity contribution in [3.05, 3.63) is 29.8 Å². The van der Waals surface area contributed by atoms with Gasteiger partial charge in [0.05, 0.1) is 11.6 Å². The summed E-state index contributed by atoms with van der Waals surface area (Å²) in [5.41, 5.74) is 1.09. The molecule has 1 aliphatic heterocycles. The highest BCUT2D eigenvalue weighted by atomic mass is 33.1. The van der Waals surface area contributed by atoms with E-state index in [4.69, 9.17) is 10.00 Å². The van der Waals surface area contributed by atoms with E-state index in [-0.39, 0.29) is 11.9 Å². The molecular weight excluding hydrogens is 356 g/mol. The van der Waals surface area contributed by atoms with Gasteiger partial charge in [-0.3, -0.25) is 9.59 Å². The molecule has 7 heteroatoms. The standard InChI is InChI=1S/C18H22N2O3S2/c1-13(18(22)20-15-8-6-14(12-19)7-9-15)23-17(21)5-3-2-4-16-10-11-24-25-16/h6-9,13,16H,2-5,10-11H2,1H3,(H,20,22)/t13-,16+/m0/s1. The lowest BCUT2D eigenvalue weighted by molar-refractivity contribution is -0.153. The van der Waals surface area contributed by atoms with Crippen LogP contribution in [0, 0.1) is 11.3 Å². The number of nitriles is 1. The van der Waals surface area contributed by atoms with Crippen LogP contribution in [-0.4, -0.2) is 29.0 Å². The Labute approximate surface area is 156 Å². The van der Waals surface area contributed by atoms with Crippen molar-refractivity contribution in [2.45, 2.75) is 50.4 Å². The zero-order valence-corrected chi connectivity index (χ0v) is 15.8. The van der Waals surface area contributed by atoms with Crippen molar-refractivity contribution in [2.24, 2.45) is 0 Å². The molecule has 25 heavy (non-hydrogen) atoms. The number of amides is 1. The smallest absolute Gasteiger partial charge is 0.306 e. The summed E-state index contributed by atoms with van der Waals surface area (Å²) in [6.45, 7) is 1.56. The zero-order chi connectivity index (χ0) is 18.1. The molecule has 1 fully saturated rings. The molecule has 1 heterocycles. The normalized spacial score (nSPS) is 17.5. The Kier molecular flexibility index (Phi) is 8.16. The fraction of sp³-hybridized carbons (Fsp3) is 0.500. The minimum atomic E-state index is -0.843. The number of rotatable bonds is 8. The number of benzene rings is 1. The first-order chi connectivity index (χ1) is 12.1. The highest BCUT2D eigenvalue weighted by molar-refractivity contribution is 8.77. The Morgan fingerprint density at radius 2 is 2.12 bits per heavy atom. The van der Waals surface area contributed by atoms with Crippen LogP contribution in [0.4, 0.5) is 5.69 Å². The molecule has 134 valence electrons. The minimum Gasteiger partial charge on any atom is -0.453 e. The van der Waals surface area contributed by atoms with Crippen LogP contribution in [0.3, 0.4) is 0 Å². The summed E-state index contributed by atoms with van der Waals surface area (Å²) in [4.78, 5) is 23.9. The average Bonchev–Trinajstić information content (AvgIpc) is 3.12. The van der Waals surface area contributed by atoms with Crippen LogP contribution >= 0.6 is 21.6 Å². The van der Waals surface area contributed by atoms with Crippen molar-refractivity contribution in [3.8, 4) is 6.07 Å². The number of nitrogens with one attached hydrogen (secondary N) is 1. The maximum absolute atomic E-state index is 12.0. The second-order valence-corrected chi connectivity index (χ2v) is 8.67. The van der Waals surface area contributed by atoms with Crippen molar-refractivity contribution in [3.63, 3.8) is 0 Å². The molecule has 1 aromatic carbocycles. The first-order valence-electron chi connectivity index (χ1n) is 8.37. The summed E-state index contributed by atoms with van der Waals surface area (Å²) >= 11 is 0. The lowest BCUT2D eigenvalue weighted by atomic mass is 10.1. The first-order valence-corrected chi connectivity index (χ1v) is 10.8. The summed E-state index contributed by atoms with van der Waals surface area (Å²) in [5, 5.41) is 12.1. The molecule has 1 aliphatic rings. The fourth-order valence-electron chi connectivity index (χ4n) is 2.39. The minimum absolute atomic E-state index is 0.337. The number of esters is 1. The van der Waals surface area contributed by atoms with E-state index in [1.54, 1.807) is 31.2 Å². The van der Waals surface area contributed by atoms with Crippen LogP contribution in [0.25, 0.3) is 0 Å². The largest absolute Gasteiger partial charge is 0.453 e. The molecule has 1 N–H and O–H groups in total. The Balaban J connectivity index is 1.64. The fourth-order valence-corrected chi connectivity index (χ4v) is 5.42. The quantitative estimate of drug-likeness (QED) is 0.416. The molecule has 5 nitrogen and oxygen atoms in total. The van der Waals surface area contributed by atoms with Crippen LogP contribution in [0.2, 0.25) is 0 Å². The van der Waals surface area contributed by atoms with Gasteiger partial charge in [-0.1, -0.05) is 28.0 Å². The van der Waals surface area contributed by atoms with E-state index in [0.29, 0.717) is 17.7 Å². The lowest BCUT2D eigenvalue weighted by Crippen LogP contribution is -2.29. The van der Waals surface area contributed by atoms with E-state index in [1.807, 2.05) is 27.7 Å². The SMILES string of the molecule is C[C@H](OC(=O)CCCC[C@@H]1CCSS1)C(=O)Nc1ccc(C#N)cc1. The lowest BCUT2D eigenvalue weighted by Gasteiger charge is -2.14. The molecule has 1 saturated heterocycles. The molecule has 1 aromatic rings. The monoisotopic (exact) mass is 378 g/mol. The van der Waals surface area contributed by atoms with Gasteiger partial charge in [-0.05, 0) is 50.5 Å². The van der Waals surface area contributed by atoms with E-state index in [1.165, 1.54) is 12.2 Å². The summed E-state index contributed by atoms with van der Waals surface area (Å²) in [6, 6.07) is 8.54. The summed E-state index contributed by atoms with van der Waals surface area (Å²) < 4.78 is 5.19. The van der Waals surface area contributed by atoms with Gasteiger partial charge in [-0.25, -0.2) is 0 Å². The van der Waals surface area contributed by atoms with E-state index >= 15 is 0 Å². The highest BCUT2D eigenvalue weighted by Gasteiger charge is 2.19. The van der Waals surface area contributed by atoms with Gasteiger partial charge in [0.2, 0.25) is 0 Å². The van der Waals surface area contributed by atoms with E-state index in [9.17, 15) is 9.59 Å². The topological polar surface area (TPSA) is 79.2 Å². The summed E-state index contributed by atoms with van der Waals surface area (Å²) in [5.74, 6) is 0.511. The predicted octanol–water partition coefficient (Wildman–Crippen LogP) is 4.14. The number of carbonyl (C=O) groups is 2. The van der Waals surface area contributed by atoms with Gasteiger partial charge in [-0.2, -0.15) is 5.26 Å². The van der Waals surface area contributed by atoms with Crippen LogP contribution in [-0.2, 0) is 14.3 Å². The molecule has 0 radical (unpaired) electrons. The molecular formula is C18H22N2O3S2. The van der Waals surface area contributed by atoms with Crippen LogP contribution in [0.15, 0.2) is 24.3 Å². The predicted molar refractivity (Wildman–Crippen MR) is 102 cm³/mol. The maximum Gasteiger partial charge on any atom is 0.306 e. The third kappa shape index (κ3) is 7.00. The van der Waals surface area contributed by atoms with Gasteiger partial charge in [-0.15, -0.1) is 0 Å². The number of hydrogen-bond donors (Lipinski definition) is 1. The molecule has 0 unspecified atom stereocenters. The first kappa shape index (κ1) is 19.7. The van der Waals surface area contributed by atoms with Gasteiger partial charge >= 0.3 is 5.97 Å². The second kappa shape index (κ2) is 10.4. The Hall–Kier alpha value is -1.65. The number of carbonyl (C=O) groups excluding carboxylic acids is 2. The van der Waals surface area contributed by atoms with Crippen molar-refractivity contribution < 1.29 is 14.3 Å². The number of anilines is 1. The van der Waals surface area contributed by atoms with Crippen LogP contribution < -0.4 is 5.32 Å². The van der Waals surface area contributed by atoms with Crippen molar-refractivity contribution in [1.29, 1.82) is 5.26 Å². The third-order valence-corrected chi connectivity index (χ3v) is 6.85. The Bertz CT molecular complexity index is 622. The van der Waals surface area contributed by atoms with Gasteiger partial charge in [0.25, 0.3) is 5.91 Å². The number of nitrogens with zero attached hydrogens (tertiary/aromatic N) is 1. The molecule has 0 saturated carbocycles. The Morgan fingerprint density at radius 1 is 1.36 bits per heavy atom. The van der Waals surface area contributed by atoms with E-state index < -0.39 is 6.10 Å². The molecule has 0 aromatic heterocycles. The van der Waals surface area contributed by atoms with E-state index in [0.717, 1.165) is 24.5 Å². The molecule has 1 amide bonds. The second-order valence-electron chi connectivity index (χ2n) is 5.89. The number of unbranched alkanes of at least 4 members (excludes halogenated alkanes) is 1. The zero-order valence-electron chi connectivity index (χ0n) is 14.2. The van der Waals surface area contributed by atoms with Crippen molar-refractivity contribution in [2.75, 3.05) is 11.1 Å². The van der Waals surface area contributed by atoms with Gasteiger partial charge in [0.1, 0.15) is 0 Å². The van der Waals surface area contributed by atoms with Gasteiger partial charge in [0.15, 0.2) is 6.10 Å². The number of ether oxygens (including phenoxy) is 1. The van der Waals surface area contributed by atoms with Crippen LogP contribution in [0.5, 0.6) is 0 Å². The van der Waals surface area contributed by atoms with Gasteiger partial charge < -0.3 is 10.1 Å². The molecule has 0 bridgehead atoms. The summed E-state index contributed by atoms with van der Waals surface area (Å²) in [7, 11) is 3.87. The van der Waals surface area contributed by atoms with Crippen molar-refractivity contribution in [1.82, 2.24) is 0 Å². The molecule has 0 spiro atoms. The third-order valence-electron chi connectivity index (χ3n) is 3.84. The molecule has 0 aliphatic carbocycles. The van der Waals surface area contributed by atoms with Crippen molar-refractivity contribution >= 4 is 39.2 Å². The average molecular weight is 379 g/mol. The number of hydrogen-bond acceptors (Lipinski definition) is 6. The van der Waals surface area contributed by atoms with E-state index in [2.05, 4.69) is 5.32 Å².